The molecule has 4 rings (SSSR count). The molecule has 6 nitrogen and oxygen atoms in total. The van der Waals surface area contributed by atoms with Crippen molar-refractivity contribution in [3.8, 4) is 11.3 Å². The molecule has 2 N–H and O–H groups in total. The number of hydrogen-bond acceptors (Lipinski definition) is 4. The minimum atomic E-state index is -0.0494. The van der Waals surface area contributed by atoms with E-state index in [0.29, 0.717) is 11.5 Å². The number of rotatable bonds is 4. The van der Waals surface area contributed by atoms with E-state index in [2.05, 4.69) is 36.5 Å². The molecule has 6 heteroatoms. The number of benzene rings is 1. The van der Waals surface area contributed by atoms with Crippen LogP contribution in [0.2, 0.25) is 0 Å². The van der Waals surface area contributed by atoms with Crippen LogP contribution in [0.25, 0.3) is 22.3 Å². The molecule has 1 amide bonds. The van der Waals surface area contributed by atoms with Gasteiger partial charge in [-0.15, -0.1) is 0 Å². The van der Waals surface area contributed by atoms with Gasteiger partial charge in [0.1, 0.15) is 0 Å². The average molecular weight is 377 g/mol. The van der Waals surface area contributed by atoms with Gasteiger partial charge in [-0.2, -0.15) is 5.10 Å². The molecule has 2 aromatic heterocycles. The molecule has 2 atom stereocenters. The van der Waals surface area contributed by atoms with E-state index in [9.17, 15) is 4.79 Å². The number of aromatic nitrogens is 3. The average Bonchev–Trinajstić information content (AvgIpc) is 3.14. The number of carbonyl (C=O) groups excluding carboxylic acids is 1. The normalized spacial score (nSPS) is 19.9. The summed E-state index contributed by atoms with van der Waals surface area (Å²) in [4.78, 5) is 18.1. The highest BCUT2D eigenvalue weighted by molar-refractivity contribution is 6.06. The van der Waals surface area contributed by atoms with Crippen LogP contribution in [0.4, 0.5) is 0 Å². The maximum atomic E-state index is 13.2. The van der Waals surface area contributed by atoms with Crippen molar-refractivity contribution in [1.82, 2.24) is 25.4 Å². The molecule has 1 aromatic carbocycles. The molecular weight excluding hydrogens is 350 g/mol. The second-order valence-corrected chi connectivity index (χ2v) is 7.89. The van der Waals surface area contributed by atoms with Crippen LogP contribution < -0.4 is 10.6 Å². The van der Waals surface area contributed by atoms with E-state index in [1.54, 1.807) is 6.20 Å². The van der Waals surface area contributed by atoms with E-state index in [0.717, 1.165) is 41.8 Å². The molecule has 0 radical (unpaired) electrons. The molecule has 146 valence electrons. The van der Waals surface area contributed by atoms with E-state index in [1.807, 2.05) is 41.1 Å². The quantitative estimate of drug-likeness (QED) is 0.731. The van der Waals surface area contributed by atoms with Gasteiger partial charge in [-0.1, -0.05) is 37.3 Å². The highest BCUT2D eigenvalue weighted by atomic mass is 16.1. The number of amides is 1. The predicted octanol–water partition coefficient (Wildman–Crippen LogP) is 3.41. The molecule has 1 aliphatic heterocycles. The van der Waals surface area contributed by atoms with Crippen LogP contribution >= 0.6 is 0 Å². The number of pyridine rings is 1. The summed E-state index contributed by atoms with van der Waals surface area (Å²) in [6.45, 7) is 8.17. The molecule has 1 aliphatic rings. The first-order valence-electron chi connectivity index (χ1n) is 10.00. The molecule has 3 aromatic rings. The fourth-order valence-corrected chi connectivity index (χ4v) is 3.82. The van der Waals surface area contributed by atoms with Crippen molar-refractivity contribution < 1.29 is 4.79 Å². The smallest absolute Gasteiger partial charge is 0.252 e. The number of nitrogens with zero attached hydrogens (tertiary/aromatic N) is 3. The first kappa shape index (κ1) is 18.6. The largest absolute Gasteiger partial charge is 0.349 e. The van der Waals surface area contributed by atoms with Crippen LogP contribution in [-0.4, -0.2) is 39.8 Å². The minimum absolute atomic E-state index is 0.0494. The summed E-state index contributed by atoms with van der Waals surface area (Å²) in [6, 6.07) is 12.2. The number of nitrogens with one attached hydrogen (secondary N) is 2. The zero-order chi connectivity index (χ0) is 19.7. The van der Waals surface area contributed by atoms with Gasteiger partial charge < -0.3 is 10.6 Å². The van der Waals surface area contributed by atoms with Gasteiger partial charge in [-0.25, -0.2) is 9.67 Å². The molecule has 0 saturated carbocycles. The van der Waals surface area contributed by atoms with Gasteiger partial charge in [-0.05, 0) is 45.3 Å². The fraction of sp³-hybridized carbons (Fsp3) is 0.409. The second-order valence-electron chi connectivity index (χ2n) is 7.89. The molecule has 3 heterocycles. The van der Waals surface area contributed by atoms with Crippen LogP contribution in [-0.2, 0) is 0 Å². The Morgan fingerprint density at radius 1 is 1.29 bits per heavy atom. The van der Waals surface area contributed by atoms with Gasteiger partial charge in [0.2, 0.25) is 0 Å². The standard InChI is InChI=1S/C22H27N5O/c1-14(2)27-21-18(13-24-27)17(11-20(25-21)16-7-5-4-6-8-16)22(28)26-19-9-10-23-12-15(19)3/h4-8,11,13-15,19,23H,9-10,12H2,1-3H3,(H,26,28). The first-order valence-corrected chi connectivity index (χ1v) is 10.00. The lowest BCUT2D eigenvalue weighted by Crippen LogP contribution is -2.48. The number of hydrogen-bond donors (Lipinski definition) is 2. The molecule has 1 fully saturated rings. The van der Waals surface area contributed by atoms with Crippen LogP contribution in [0.1, 0.15) is 43.6 Å². The van der Waals surface area contributed by atoms with Gasteiger partial charge in [0.25, 0.3) is 5.91 Å². The Labute approximate surface area is 165 Å². The summed E-state index contributed by atoms with van der Waals surface area (Å²) in [5, 5.41) is 11.9. The van der Waals surface area contributed by atoms with Crippen LogP contribution in [0.15, 0.2) is 42.6 Å². The van der Waals surface area contributed by atoms with Gasteiger partial charge in [-0.3, -0.25) is 4.79 Å². The Morgan fingerprint density at radius 3 is 2.79 bits per heavy atom. The van der Waals surface area contributed by atoms with Crippen molar-refractivity contribution in [3.05, 3.63) is 48.2 Å². The summed E-state index contributed by atoms with van der Waals surface area (Å²) in [5.74, 6) is 0.355. The minimum Gasteiger partial charge on any atom is -0.349 e. The second kappa shape index (κ2) is 7.72. The molecule has 28 heavy (non-hydrogen) atoms. The molecule has 2 unspecified atom stereocenters. The lowest BCUT2D eigenvalue weighted by Gasteiger charge is -2.30. The van der Waals surface area contributed by atoms with E-state index >= 15 is 0 Å². The Kier molecular flexibility index (Phi) is 5.13. The lowest BCUT2D eigenvalue weighted by atomic mass is 9.95. The van der Waals surface area contributed by atoms with E-state index in [1.165, 1.54) is 0 Å². The van der Waals surface area contributed by atoms with Crippen LogP contribution in [0.5, 0.6) is 0 Å². The maximum absolute atomic E-state index is 13.2. The Bertz CT molecular complexity index is 979. The van der Waals surface area contributed by atoms with Gasteiger partial charge in [0.05, 0.1) is 22.8 Å². The van der Waals surface area contributed by atoms with Crippen LogP contribution in [0, 0.1) is 5.92 Å². The zero-order valence-corrected chi connectivity index (χ0v) is 16.6. The molecule has 0 spiro atoms. The van der Waals surface area contributed by atoms with Gasteiger partial charge in [0, 0.05) is 17.6 Å². The SMILES string of the molecule is CC1CNCCC1NC(=O)c1cc(-c2ccccc2)nc2c1cnn2C(C)C. The fourth-order valence-electron chi connectivity index (χ4n) is 3.82. The molecule has 0 bridgehead atoms. The third kappa shape index (κ3) is 3.52. The third-order valence-corrected chi connectivity index (χ3v) is 5.47. The summed E-state index contributed by atoms with van der Waals surface area (Å²) < 4.78 is 1.88. The highest BCUT2D eigenvalue weighted by Crippen LogP contribution is 2.26. The topological polar surface area (TPSA) is 71.8 Å². The highest BCUT2D eigenvalue weighted by Gasteiger charge is 2.25. The molecule has 0 aliphatic carbocycles. The summed E-state index contributed by atoms with van der Waals surface area (Å²) in [5.41, 5.74) is 3.17. The zero-order valence-electron chi connectivity index (χ0n) is 16.6. The van der Waals surface area contributed by atoms with Crippen molar-refractivity contribution in [2.45, 2.75) is 39.3 Å². The van der Waals surface area contributed by atoms with Crippen molar-refractivity contribution in [3.63, 3.8) is 0 Å². The maximum Gasteiger partial charge on any atom is 0.252 e. The van der Waals surface area contributed by atoms with Crippen molar-refractivity contribution in [2.24, 2.45) is 5.92 Å². The van der Waals surface area contributed by atoms with Crippen LogP contribution in [0.3, 0.4) is 0 Å². The van der Waals surface area contributed by atoms with Crippen molar-refractivity contribution in [1.29, 1.82) is 0 Å². The van der Waals surface area contributed by atoms with Crippen molar-refractivity contribution >= 4 is 16.9 Å². The van der Waals surface area contributed by atoms with E-state index in [-0.39, 0.29) is 18.0 Å². The van der Waals surface area contributed by atoms with E-state index in [4.69, 9.17) is 4.98 Å². The number of piperidine rings is 1. The third-order valence-electron chi connectivity index (χ3n) is 5.47. The Balaban J connectivity index is 1.78. The van der Waals surface area contributed by atoms with E-state index < -0.39 is 0 Å². The monoisotopic (exact) mass is 377 g/mol. The first-order chi connectivity index (χ1) is 13.5. The summed E-state index contributed by atoms with van der Waals surface area (Å²) >= 11 is 0. The summed E-state index contributed by atoms with van der Waals surface area (Å²) in [6.07, 6.45) is 2.70. The van der Waals surface area contributed by atoms with Crippen molar-refractivity contribution in [2.75, 3.05) is 13.1 Å². The Morgan fingerprint density at radius 2 is 2.07 bits per heavy atom. The molecule has 1 saturated heterocycles. The number of fused-ring (bicyclic) bond motifs is 1. The van der Waals surface area contributed by atoms with Gasteiger partial charge >= 0.3 is 0 Å². The summed E-state index contributed by atoms with van der Waals surface area (Å²) in [7, 11) is 0. The van der Waals surface area contributed by atoms with Gasteiger partial charge in [0.15, 0.2) is 5.65 Å². The number of carbonyl (C=O) groups is 1. The predicted molar refractivity (Wildman–Crippen MR) is 111 cm³/mol. The Hall–Kier alpha value is -2.73. The lowest BCUT2D eigenvalue weighted by molar-refractivity contribution is 0.0916. The molecular formula is C22H27N5O.